The summed E-state index contributed by atoms with van der Waals surface area (Å²) in [6, 6.07) is 26.1. The highest BCUT2D eigenvalue weighted by Crippen LogP contribution is 2.29. The van der Waals surface area contributed by atoms with Crippen molar-refractivity contribution >= 4 is 18.0 Å². The zero-order valence-corrected chi connectivity index (χ0v) is 17.2. The van der Waals surface area contributed by atoms with Crippen LogP contribution in [-0.4, -0.2) is 22.2 Å². The number of allylic oxidation sites excluding steroid dienone is 1. The Bertz CT molecular complexity index is 1030. The predicted octanol–water partition coefficient (Wildman–Crippen LogP) is 5.91. The number of carboxylic acid groups (broad SMARTS) is 2. The fraction of sp³-hybridized carbons (Fsp3) is 0.185. The summed E-state index contributed by atoms with van der Waals surface area (Å²) in [5, 5.41) is 19.3. The molecule has 0 bridgehead atoms. The molecule has 0 aliphatic heterocycles. The van der Waals surface area contributed by atoms with E-state index in [-0.39, 0.29) is 5.92 Å². The van der Waals surface area contributed by atoms with Crippen molar-refractivity contribution in [3.05, 3.63) is 113 Å². The van der Waals surface area contributed by atoms with Gasteiger partial charge in [0, 0.05) is 0 Å². The second-order valence-corrected chi connectivity index (χ2v) is 7.57. The minimum atomic E-state index is -0.945. The molecule has 4 heteroatoms. The maximum atomic E-state index is 12.0. The molecule has 3 aromatic carbocycles. The van der Waals surface area contributed by atoms with Gasteiger partial charge < -0.3 is 10.2 Å². The topological polar surface area (TPSA) is 74.6 Å². The average molecular weight is 415 g/mol. The molecule has 0 aliphatic rings. The van der Waals surface area contributed by atoms with Crippen LogP contribution in [0.2, 0.25) is 0 Å². The minimum absolute atomic E-state index is 0.0247. The smallest absolute Gasteiger partial charge is 0.335 e. The number of aliphatic carboxylic acids is 1. The van der Waals surface area contributed by atoms with Crippen LogP contribution < -0.4 is 0 Å². The third-order valence-electron chi connectivity index (χ3n) is 5.43. The largest absolute Gasteiger partial charge is 0.481 e. The lowest BCUT2D eigenvalue weighted by atomic mass is 9.85. The zero-order valence-electron chi connectivity index (χ0n) is 17.2. The Hall–Kier alpha value is -3.66. The van der Waals surface area contributed by atoms with E-state index in [4.69, 9.17) is 0 Å². The summed E-state index contributed by atoms with van der Waals surface area (Å²) < 4.78 is 0. The number of hydrogen-bond acceptors (Lipinski definition) is 2. The Morgan fingerprint density at radius 3 is 2.06 bits per heavy atom. The van der Waals surface area contributed by atoms with Crippen LogP contribution in [0.25, 0.3) is 6.08 Å². The first-order chi connectivity index (χ1) is 15.0. The molecule has 0 spiro atoms. The first kappa shape index (κ1) is 22.0. The molecule has 3 rings (SSSR count). The van der Waals surface area contributed by atoms with E-state index in [1.54, 1.807) is 12.1 Å². The standard InChI is InChI=1S/C27H26O4/c28-26(29)24-14-8-7-13-23(24)18-17-21(16-15-20-9-3-1-4-10-20)19-25(27(30)31)22-11-5-2-6-12-22/h1-16,21,25H,17-19H2,(H,28,29)(H,30,31). The number of aromatic carboxylic acids is 1. The third-order valence-corrected chi connectivity index (χ3v) is 5.43. The Morgan fingerprint density at radius 2 is 1.42 bits per heavy atom. The summed E-state index contributed by atoms with van der Waals surface area (Å²) >= 11 is 0. The van der Waals surface area contributed by atoms with Gasteiger partial charge in [0.1, 0.15) is 0 Å². The molecule has 0 amide bonds. The third kappa shape index (κ3) is 6.41. The second-order valence-electron chi connectivity index (χ2n) is 7.57. The van der Waals surface area contributed by atoms with Gasteiger partial charge in [0.15, 0.2) is 0 Å². The van der Waals surface area contributed by atoms with E-state index < -0.39 is 17.9 Å². The van der Waals surface area contributed by atoms with E-state index >= 15 is 0 Å². The predicted molar refractivity (Wildman–Crippen MR) is 122 cm³/mol. The van der Waals surface area contributed by atoms with E-state index in [9.17, 15) is 19.8 Å². The van der Waals surface area contributed by atoms with Crippen LogP contribution in [0.5, 0.6) is 0 Å². The second kappa shape index (κ2) is 10.9. The van der Waals surface area contributed by atoms with Crippen molar-refractivity contribution in [3.63, 3.8) is 0 Å². The molecule has 31 heavy (non-hydrogen) atoms. The number of rotatable bonds is 10. The SMILES string of the molecule is O=C(O)c1ccccc1CCC(C=Cc1ccccc1)CC(C(=O)O)c1ccccc1. The molecule has 2 unspecified atom stereocenters. The van der Waals surface area contributed by atoms with Crippen molar-refractivity contribution < 1.29 is 19.8 Å². The lowest BCUT2D eigenvalue weighted by Crippen LogP contribution is -2.16. The number of aryl methyl sites for hydroxylation is 1. The molecule has 2 N–H and O–H groups in total. The molecular weight excluding hydrogens is 388 g/mol. The van der Waals surface area contributed by atoms with Crippen LogP contribution in [0, 0.1) is 5.92 Å². The molecule has 0 heterocycles. The highest BCUT2D eigenvalue weighted by molar-refractivity contribution is 5.89. The zero-order chi connectivity index (χ0) is 22.1. The Kier molecular flexibility index (Phi) is 7.77. The molecule has 0 saturated heterocycles. The molecular formula is C27H26O4. The monoisotopic (exact) mass is 414 g/mol. The molecule has 3 aromatic rings. The van der Waals surface area contributed by atoms with Gasteiger partial charge in [-0.1, -0.05) is 91.0 Å². The van der Waals surface area contributed by atoms with E-state index in [2.05, 4.69) is 6.08 Å². The summed E-state index contributed by atoms with van der Waals surface area (Å²) in [5.74, 6) is -2.44. The number of hydrogen-bond donors (Lipinski definition) is 2. The number of benzene rings is 3. The van der Waals surface area contributed by atoms with E-state index in [0.29, 0.717) is 24.8 Å². The minimum Gasteiger partial charge on any atom is -0.481 e. The summed E-state index contributed by atoms with van der Waals surface area (Å²) in [6.07, 6.45) is 5.73. The summed E-state index contributed by atoms with van der Waals surface area (Å²) in [4.78, 5) is 23.6. The van der Waals surface area contributed by atoms with E-state index in [0.717, 1.165) is 16.7 Å². The summed E-state index contributed by atoms with van der Waals surface area (Å²) in [6.45, 7) is 0. The van der Waals surface area contributed by atoms with Gasteiger partial charge in [-0.25, -0.2) is 4.79 Å². The fourth-order valence-corrected chi connectivity index (χ4v) is 3.76. The van der Waals surface area contributed by atoms with Gasteiger partial charge in [0.05, 0.1) is 11.5 Å². The average Bonchev–Trinajstić information content (AvgIpc) is 2.79. The van der Waals surface area contributed by atoms with Crippen molar-refractivity contribution in [2.24, 2.45) is 5.92 Å². The maximum absolute atomic E-state index is 12.0. The number of carbonyl (C=O) groups is 2. The van der Waals surface area contributed by atoms with E-state index in [1.807, 2.05) is 78.9 Å². The van der Waals surface area contributed by atoms with Crippen LogP contribution in [0.1, 0.15) is 45.8 Å². The van der Waals surface area contributed by atoms with Crippen LogP contribution in [0.4, 0.5) is 0 Å². The number of carboxylic acids is 2. The van der Waals surface area contributed by atoms with Gasteiger partial charge in [0.2, 0.25) is 0 Å². The van der Waals surface area contributed by atoms with Gasteiger partial charge in [-0.05, 0) is 47.9 Å². The fourth-order valence-electron chi connectivity index (χ4n) is 3.76. The molecule has 158 valence electrons. The van der Waals surface area contributed by atoms with Crippen molar-refractivity contribution in [1.82, 2.24) is 0 Å². The molecule has 0 saturated carbocycles. The molecule has 0 radical (unpaired) electrons. The van der Waals surface area contributed by atoms with Crippen molar-refractivity contribution in [1.29, 1.82) is 0 Å². The normalized spacial score (nSPS) is 13.0. The lowest BCUT2D eigenvalue weighted by molar-refractivity contribution is -0.139. The van der Waals surface area contributed by atoms with Crippen LogP contribution in [0.3, 0.4) is 0 Å². The highest BCUT2D eigenvalue weighted by Gasteiger charge is 2.23. The van der Waals surface area contributed by atoms with Gasteiger partial charge in [-0.3, -0.25) is 4.79 Å². The molecule has 2 atom stereocenters. The molecule has 4 nitrogen and oxygen atoms in total. The van der Waals surface area contributed by atoms with Crippen molar-refractivity contribution in [3.8, 4) is 0 Å². The summed E-state index contributed by atoms with van der Waals surface area (Å²) in [5.41, 5.74) is 2.88. The van der Waals surface area contributed by atoms with Crippen molar-refractivity contribution in [2.75, 3.05) is 0 Å². The van der Waals surface area contributed by atoms with Gasteiger partial charge >= 0.3 is 11.9 Å². The first-order valence-corrected chi connectivity index (χ1v) is 10.4. The Morgan fingerprint density at radius 1 is 0.806 bits per heavy atom. The van der Waals surface area contributed by atoms with E-state index in [1.165, 1.54) is 0 Å². The van der Waals surface area contributed by atoms with Crippen LogP contribution in [0.15, 0.2) is 91.0 Å². The Labute approximate surface area is 182 Å². The maximum Gasteiger partial charge on any atom is 0.335 e. The van der Waals surface area contributed by atoms with Crippen LogP contribution >= 0.6 is 0 Å². The van der Waals surface area contributed by atoms with Gasteiger partial charge in [-0.15, -0.1) is 0 Å². The lowest BCUT2D eigenvalue weighted by Gasteiger charge is -2.19. The van der Waals surface area contributed by atoms with Gasteiger partial charge in [0.25, 0.3) is 0 Å². The molecule has 0 aliphatic carbocycles. The first-order valence-electron chi connectivity index (χ1n) is 10.4. The van der Waals surface area contributed by atoms with Gasteiger partial charge in [-0.2, -0.15) is 0 Å². The molecule has 0 fully saturated rings. The quantitative estimate of drug-likeness (QED) is 0.433. The Balaban J connectivity index is 1.83. The molecule has 0 aromatic heterocycles. The highest BCUT2D eigenvalue weighted by atomic mass is 16.4. The summed E-state index contributed by atoms with van der Waals surface area (Å²) in [7, 11) is 0. The van der Waals surface area contributed by atoms with Crippen LogP contribution in [-0.2, 0) is 11.2 Å². The van der Waals surface area contributed by atoms with Crippen molar-refractivity contribution in [2.45, 2.75) is 25.2 Å².